The first-order valence-corrected chi connectivity index (χ1v) is 10.5. The molecular formula is C22H26N6O5. The lowest BCUT2D eigenvalue weighted by Crippen LogP contribution is -2.29. The van der Waals surface area contributed by atoms with E-state index in [0.717, 1.165) is 19.2 Å². The maximum atomic E-state index is 11.3. The highest BCUT2D eigenvalue weighted by Crippen LogP contribution is 2.30. The summed E-state index contributed by atoms with van der Waals surface area (Å²) in [6.07, 6.45) is 3.74. The summed E-state index contributed by atoms with van der Waals surface area (Å²) in [6.45, 7) is 1.84. The van der Waals surface area contributed by atoms with Gasteiger partial charge in [-0.05, 0) is 44.7 Å². The number of rotatable bonds is 8. The molecule has 0 aromatic carbocycles. The van der Waals surface area contributed by atoms with Crippen LogP contribution in [-0.2, 0) is 18.4 Å². The largest absolute Gasteiger partial charge is 0.489 e. The monoisotopic (exact) mass is 457 g/mol. The van der Waals surface area contributed by atoms with E-state index in [9.17, 15) is 9.90 Å². The van der Waals surface area contributed by atoms with E-state index < -0.39 is 13.0 Å². The summed E-state index contributed by atoms with van der Waals surface area (Å²) >= 11 is 0. The fourth-order valence-corrected chi connectivity index (χ4v) is 3.80. The molecule has 1 saturated carbocycles. The van der Waals surface area contributed by atoms with Crippen molar-refractivity contribution in [2.24, 2.45) is 13.0 Å². The van der Waals surface area contributed by atoms with Gasteiger partial charge in [0.05, 0.1) is 40.6 Å². The lowest BCUT2D eigenvalue weighted by molar-refractivity contribution is -0.143. The van der Waals surface area contributed by atoms with Gasteiger partial charge in [0.15, 0.2) is 0 Å². The van der Waals surface area contributed by atoms with Crippen LogP contribution in [0.5, 0.6) is 17.5 Å². The average molecular weight is 458 g/mol. The number of hydrogen-bond donors (Lipinski definition) is 1. The molecule has 4 rings (SSSR count). The van der Waals surface area contributed by atoms with E-state index in [1.807, 2.05) is 6.92 Å². The summed E-state index contributed by atoms with van der Waals surface area (Å²) in [5, 5.41) is 17.6. The number of aliphatic carboxylic acids is 1. The van der Waals surface area contributed by atoms with E-state index in [4.69, 9.17) is 18.3 Å². The van der Waals surface area contributed by atoms with E-state index in [-0.39, 0.29) is 30.4 Å². The molecule has 3 heterocycles. The van der Waals surface area contributed by atoms with Crippen LogP contribution >= 0.6 is 0 Å². The van der Waals surface area contributed by atoms with Crippen molar-refractivity contribution in [1.29, 1.82) is 0 Å². The van der Waals surface area contributed by atoms with Gasteiger partial charge < -0.3 is 19.3 Å². The van der Waals surface area contributed by atoms with Crippen LogP contribution < -0.4 is 14.2 Å². The zero-order chi connectivity index (χ0) is 25.9. The van der Waals surface area contributed by atoms with Gasteiger partial charge >= 0.3 is 5.97 Å². The Balaban J connectivity index is 1.46. The van der Waals surface area contributed by atoms with Crippen molar-refractivity contribution in [3.8, 4) is 28.9 Å². The van der Waals surface area contributed by atoms with Crippen molar-refractivity contribution in [3.05, 3.63) is 35.9 Å². The van der Waals surface area contributed by atoms with Gasteiger partial charge in [-0.3, -0.25) is 4.79 Å². The fourth-order valence-electron chi connectivity index (χ4n) is 3.80. The predicted octanol–water partition coefficient (Wildman–Crippen LogP) is 2.59. The Labute approximate surface area is 195 Å². The summed E-state index contributed by atoms with van der Waals surface area (Å²) in [4.78, 5) is 23.7. The van der Waals surface area contributed by atoms with Gasteiger partial charge in [-0.1, -0.05) is 5.21 Å². The number of pyridine rings is 1. The first-order valence-electron chi connectivity index (χ1n) is 12.0. The van der Waals surface area contributed by atoms with E-state index in [2.05, 4.69) is 25.3 Å². The van der Waals surface area contributed by atoms with Crippen LogP contribution in [0.15, 0.2) is 24.5 Å². The van der Waals surface area contributed by atoms with Crippen LogP contribution in [0.1, 0.15) is 41.2 Å². The number of hydrogen-bond acceptors (Lipinski definition) is 9. The van der Waals surface area contributed by atoms with Gasteiger partial charge in [0.2, 0.25) is 11.8 Å². The second kappa shape index (κ2) is 9.80. The molecular weight excluding hydrogens is 428 g/mol. The normalized spacial score (nSPS) is 19.8. The molecule has 3 aromatic heterocycles. The Bertz CT molecular complexity index is 1240. The minimum absolute atomic E-state index is 0.0285. The standard InChI is InChI=1S/C22H26N6O5/c1-13-18(33-15-6-4-5-14(9-15)22(29)30)8-7-16(25-13)21-17(28(2)27-26-21)11-32-20-10-19(31-3)23-12-24-20/h7-8,10,12,14-15H,4-6,9,11H2,1-3H3,(H,29,30)/t14-,15-/m0/s1/i3D3. The van der Waals surface area contributed by atoms with Gasteiger partial charge in [-0.15, -0.1) is 5.10 Å². The number of methoxy groups -OCH3 is 1. The summed E-state index contributed by atoms with van der Waals surface area (Å²) in [7, 11) is -0.927. The third-order valence-electron chi connectivity index (χ3n) is 5.57. The molecule has 1 fully saturated rings. The molecule has 0 radical (unpaired) electrons. The number of aryl methyl sites for hydroxylation is 2. The Morgan fingerprint density at radius 1 is 1.30 bits per heavy atom. The summed E-state index contributed by atoms with van der Waals surface area (Å²) < 4.78 is 39.7. The zero-order valence-electron chi connectivity index (χ0n) is 21.3. The minimum Gasteiger partial charge on any atom is -0.489 e. The van der Waals surface area contributed by atoms with Gasteiger partial charge in [-0.2, -0.15) is 0 Å². The topological polar surface area (TPSA) is 134 Å². The van der Waals surface area contributed by atoms with Crippen LogP contribution in [0.3, 0.4) is 0 Å². The number of carboxylic acid groups (broad SMARTS) is 1. The lowest BCUT2D eigenvalue weighted by Gasteiger charge is -2.27. The van der Waals surface area contributed by atoms with Crippen molar-refractivity contribution in [2.75, 3.05) is 7.04 Å². The molecule has 0 spiro atoms. The van der Waals surface area contributed by atoms with E-state index in [1.54, 1.807) is 23.9 Å². The highest BCUT2D eigenvalue weighted by atomic mass is 16.5. The molecule has 3 aromatic rings. The molecule has 0 aliphatic heterocycles. The maximum Gasteiger partial charge on any atom is 0.306 e. The molecule has 1 N–H and O–H groups in total. The summed E-state index contributed by atoms with van der Waals surface area (Å²) in [5.41, 5.74) is 2.32. The van der Waals surface area contributed by atoms with E-state index >= 15 is 0 Å². The van der Waals surface area contributed by atoms with Crippen LogP contribution in [-0.4, -0.2) is 54.2 Å². The molecule has 0 bridgehead atoms. The second-order valence-electron chi connectivity index (χ2n) is 7.82. The van der Waals surface area contributed by atoms with E-state index in [0.29, 0.717) is 41.4 Å². The van der Waals surface area contributed by atoms with Crippen molar-refractivity contribution < 1.29 is 28.2 Å². The number of aromatic nitrogens is 6. The highest BCUT2D eigenvalue weighted by molar-refractivity contribution is 5.70. The Morgan fingerprint density at radius 2 is 2.15 bits per heavy atom. The van der Waals surface area contributed by atoms with Crippen molar-refractivity contribution >= 4 is 5.97 Å². The van der Waals surface area contributed by atoms with Gasteiger partial charge in [0.25, 0.3) is 0 Å². The van der Waals surface area contributed by atoms with Crippen molar-refractivity contribution in [1.82, 2.24) is 29.9 Å². The maximum absolute atomic E-state index is 11.3. The Hall–Kier alpha value is -3.76. The van der Waals surface area contributed by atoms with Gasteiger partial charge in [0.1, 0.15) is 30.1 Å². The second-order valence-corrected chi connectivity index (χ2v) is 7.82. The first-order chi connectivity index (χ1) is 17.1. The minimum atomic E-state index is -2.64. The molecule has 0 saturated heterocycles. The smallest absolute Gasteiger partial charge is 0.306 e. The van der Waals surface area contributed by atoms with E-state index in [1.165, 1.54) is 6.07 Å². The third kappa shape index (κ3) is 5.18. The molecule has 1 aliphatic rings. The Kier molecular flexibility index (Phi) is 5.58. The van der Waals surface area contributed by atoms with Gasteiger partial charge in [-0.25, -0.2) is 19.6 Å². The van der Waals surface area contributed by atoms with Crippen LogP contribution in [0, 0.1) is 12.8 Å². The number of carbonyl (C=O) groups is 1. The number of carboxylic acids is 1. The predicted molar refractivity (Wildman–Crippen MR) is 116 cm³/mol. The molecule has 2 atom stereocenters. The third-order valence-corrected chi connectivity index (χ3v) is 5.57. The molecule has 0 unspecified atom stereocenters. The summed E-state index contributed by atoms with van der Waals surface area (Å²) in [6, 6.07) is 4.84. The fraction of sp³-hybridized carbons (Fsp3) is 0.455. The molecule has 11 heteroatoms. The quantitative estimate of drug-likeness (QED) is 0.538. The lowest BCUT2D eigenvalue weighted by atomic mass is 9.87. The van der Waals surface area contributed by atoms with Crippen molar-refractivity contribution in [3.63, 3.8) is 0 Å². The molecule has 1 aliphatic carbocycles. The van der Waals surface area contributed by atoms with Crippen LogP contribution in [0.25, 0.3) is 11.4 Å². The Morgan fingerprint density at radius 3 is 2.94 bits per heavy atom. The SMILES string of the molecule is [2H]C([2H])([2H])Oc1cc(OCc2c(-c3ccc(O[C@H]4CCC[C@H](C(=O)O)C4)c(C)n3)nnn2C)ncn1. The molecule has 0 amide bonds. The van der Waals surface area contributed by atoms with Crippen LogP contribution in [0.2, 0.25) is 0 Å². The first kappa shape index (κ1) is 18.8. The summed E-state index contributed by atoms with van der Waals surface area (Å²) in [5.74, 6) is -0.585. The van der Waals surface area contributed by atoms with Crippen molar-refractivity contribution in [2.45, 2.75) is 45.3 Å². The molecule has 11 nitrogen and oxygen atoms in total. The molecule has 33 heavy (non-hydrogen) atoms. The number of nitrogens with zero attached hydrogens (tertiary/aromatic N) is 6. The molecule has 174 valence electrons. The number of ether oxygens (including phenoxy) is 3. The van der Waals surface area contributed by atoms with Crippen LogP contribution in [0.4, 0.5) is 0 Å². The van der Waals surface area contributed by atoms with Gasteiger partial charge in [0, 0.05) is 7.05 Å². The zero-order valence-corrected chi connectivity index (χ0v) is 18.3. The average Bonchev–Trinajstić information content (AvgIpc) is 3.18. The highest BCUT2D eigenvalue weighted by Gasteiger charge is 2.28.